The third-order valence-corrected chi connectivity index (χ3v) is 4.72. The van der Waals surface area contributed by atoms with Gasteiger partial charge in [-0.1, -0.05) is 11.2 Å². The molecule has 0 unspecified atom stereocenters. The predicted molar refractivity (Wildman–Crippen MR) is 91.7 cm³/mol. The standard InChI is InChI=1S/C18H23N3O5/c1-10-14(9-24-2)17(21-26-10)18(23)20-16(12-6-13(22)7-12)11-4-5-15(25-3)19-8-11/h4-5,8,12-13,16,22H,6-7,9H2,1-3H3,(H,20,23)/t12?,13?,16-/m0/s1. The highest BCUT2D eigenvalue weighted by Crippen LogP contribution is 2.38. The van der Waals surface area contributed by atoms with Gasteiger partial charge in [-0.05, 0) is 31.2 Å². The molecule has 1 aliphatic carbocycles. The lowest BCUT2D eigenvalue weighted by Crippen LogP contribution is -2.41. The van der Waals surface area contributed by atoms with Gasteiger partial charge < -0.3 is 24.4 Å². The highest BCUT2D eigenvalue weighted by atomic mass is 16.5. The lowest BCUT2D eigenvalue weighted by atomic mass is 9.75. The smallest absolute Gasteiger partial charge is 0.274 e. The third-order valence-electron chi connectivity index (χ3n) is 4.72. The lowest BCUT2D eigenvalue weighted by molar-refractivity contribution is 0.0233. The molecule has 1 saturated carbocycles. The van der Waals surface area contributed by atoms with E-state index in [0.717, 1.165) is 5.56 Å². The first kappa shape index (κ1) is 18.3. The van der Waals surface area contributed by atoms with Crippen molar-refractivity contribution in [2.45, 2.75) is 38.5 Å². The number of aryl methyl sites for hydroxylation is 1. The fraction of sp³-hybridized carbons (Fsp3) is 0.500. The van der Waals surface area contributed by atoms with Gasteiger partial charge in [0.25, 0.3) is 5.91 Å². The van der Waals surface area contributed by atoms with E-state index in [1.54, 1.807) is 33.4 Å². The van der Waals surface area contributed by atoms with Crippen molar-refractivity contribution in [3.05, 3.63) is 40.9 Å². The average Bonchev–Trinajstić information content (AvgIpc) is 2.98. The Kier molecular flexibility index (Phi) is 5.53. The number of aliphatic hydroxyl groups excluding tert-OH is 1. The lowest BCUT2D eigenvalue weighted by Gasteiger charge is -2.38. The zero-order chi connectivity index (χ0) is 18.7. The maximum Gasteiger partial charge on any atom is 0.274 e. The zero-order valence-electron chi connectivity index (χ0n) is 15.1. The van der Waals surface area contributed by atoms with Crippen LogP contribution >= 0.6 is 0 Å². The first-order chi connectivity index (χ1) is 12.5. The van der Waals surface area contributed by atoms with Crippen LogP contribution in [0.3, 0.4) is 0 Å². The number of aliphatic hydroxyl groups is 1. The summed E-state index contributed by atoms with van der Waals surface area (Å²) in [6.07, 6.45) is 2.60. The summed E-state index contributed by atoms with van der Waals surface area (Å²) < 4.78 is 15.4. The summed E-state index contributed by atoms with van der Waals surface area (Å²) in [4.78, 5) is 17.0. The topological polar surface area (TPSA) is 107 Å². The number of carbonyl (C=O) groups is 1. The van der Waals surface area contributed by atoms with Gasteiger partial charge in [0, 0.05) is 19.4 Å². The molecule has 0 aliphatic heterocycles. The second-order valence-corrected chi connectivity index (χ2v) is 6.47. The van der Waals surface area contributed by atoms with Crippen molar-refractivity contribution in [1.29, 1.82) is 0 Å². The van der Waals surface area contributed by atoms with E-state index in [1.165, 1.54) is 0 Å². The SMILES string of the molecule is COCc1c(C(=O)N[C@@H](c2ccc(OC)nc2)C2CC(O)C2)noc1C. The highest BCUT2D eigenvalue weighted by molar-refractivity contribution is 5.94. The Bertz CT molecular complexity index is 753. The van der Waals surface area contributed by atoms with E-state index in [1.807, 2.05) is 6.07 Å². The molecule has 0 radical (unpaired) electrons. The fourth-order valence-electron chi connectivity index (χ4n) is 3.17. The molecule has 0 bridgehead atoms. The molecule has 8 nitrogen and oxygen atoms in total. The summed E-state index contributed by atoms with van der Waals surface area (Å²) in [7, 11) is 3.10. The Morgan fingerprint density at radius 3 is 2.77 bits per heavy atom. The Balaban J connectivity index is 1.82. The van der Waals surface area contributed by atoms with Crippen LogP contribution in [0.25, 0.3) is 0 Å². The molecule has 1 atom stereocenters. The van der Waals surface area contributed by atoms with Gasteiger partial charge in [-0.2, -0.15) is 0 Å². The zero-order valence-corrected chi connectivity index (χ0v) is 15.1. The minimum absolute atomic E-state index is 0.128. The number of hydrogen-bond acceptors (Lipinski definition) is 7. The maximum atomic E-state index is 12.8. The Labute approximate surface area is 151 Å². The summed E-state index contributed by atoms with van der Waals surface area (Å²) in [5, 5.41) is 16.6. The molecule has 3 rings (SSSR count). The quantitative estimate of drug-likeness (QED) is 0.774. The number of pyridine rings is 1. The summed E-state index contributed by atoms with van der Waals surface area (Å²) in [6, 6.07) is 3.34. The van der Waals surface area contributed by atoms with E-state index >= 15 is 0 Å². The number of amides is 1. The Morgan fingerprint density at radius 2 is 2.19 bits per heavy atom. The molecule has 0 aromatic carbocycles. The Hall–Kier alpha value is -2.45. The molecular formula is C18H23N3O5. The number of methoxy groups -OCH3 is 2. The van der Waals surface area contributed by atoms with Gasteiger partial charge in [0.05, 0.1) is 31.4 Å². The molecule has 2 N–H and O–H groups in total. The van der Waals surface area contributed by atoms with E-state index < -0.39 is 0 Å². The van der Waals surface area contributed by atoms with Crippen molar-refractivity contribution in [3.8, 4) is 5.88 Å². The molecule has 1 fully saturated rings. The van der Waals surface area contributed by atoms with Crippen molar-refractivity contribution in [2.75, 3.05) is 14.2 Å². The number of aromatic nitrogens is 2. The summed E-state index contributed by atoms with van der Waals surface area (Å²) >= 11 is 0. The van der Waals surface area contributed by atoms with Crippen LogP contribution in [0.4, 0.5) is 0 Å². The second kappa shape index (κ2) is 7.84. The molecule has 0 spiro atoms. The van der Waals surface area contributed by atoms with Gasteiger partial charge in [-0.3, -0.25) is 4.79 Å². The maximum absolute atomic E-state index is 12.8. The fourth-order valence-corrected chi connectivity index (χ4v) is 3.17. The van der Waals surface area contributed by atoms with Crippen molar-refractivity contribution in [1.82, 2.24) is 15.5 Å². The van der Waals surface area contributed by atoms with E-state index in [-0.39, 0.29) is 36.3 Å². The number of ether oxygens (including phenoxy) is 2. The van der Waals surface area contributed by atoms with Crippen molar-refractivity contribution in [2.24, 2.45) is 5.92 Å². The molecule has 2 heterocycles. The molecule has 8 heteroatoms. The van der Waals surface area contributed by atoms with Gasteiger partial charge in [0.2, 0.25) is 5.88 Å². The van der Waals surface area contributed by atoms with Crippen LogP contribution in [-0.4, -0.2) is 41.5 Å². The number of nitrogens with one attached hydrogen (secondary N) is 1. The van der Waals surface area contributed by atoms with Crippen LogP contribution in [-0.2, 0) is 11.3 Å². The molecule has 1 amide bonds. The van der Waals surface area contributed by atoms with Crippen LogP contribution < -0.4 is 10.1 Å². The van der Waals surface area contributed by atoms with Crippen LogP contribution in [0.5, 0.6) is 5.88 Å². The summed E-state index contributed by atoms with van der Waals surface area (Å²) in [5.74, 6) is 0.847. The molecule has 1 aliphatic rings. The minimum atomic E-state index is -0.337. The Morgan fingerprint density at radius 1 is 1.42 bits per heavy atom. The van der Waals surface area contributed by atoms with Gasteiger partial charge >= 0.3 is 0 Å². The van der Waals surface area contributed by atoms with Crippen LogP contribution in [0.1, 0.15) is 46.3 Å². The normalized spacial score (nSPS) is 20.3. The van der Waals surface area contributed by atoms with Gasteiger partial charge in [-0.25, -0.2) is 4.98 Å². The average molecular weight is 361 g/mol. The van der Waals surface area contributed by atoms with Crippen molar-refractivity contribution in [3.63, 3.8) is 0 Å². The van der Waals surface area contributed by atoms with Gasteiger partial charge in [0.1, 0.15) is 5.76 Å². The number of rotatable bonds is 7. The summed E-state index contributed by atoms with van der Waals surface area (Å²) in [6.45, 7) is 1.99. The largest absolute Gasteiger partial charge is 0.481 e. The van der Waals surface area contributed by atoms with Crippen LogP contribution in [0.15, 0.2) is 22.9 Å². The first-order valence-corrected chi connectivity index (χ1v) is 8.46. The van der Waals surface area contributed by atoms with Crippen molar-refractivity contribution >= 4 is 5.91 Å². The van der Waals surface area contributed by atoms with Gasteiger partial charge in [-0.15, -0.1) is 0 Å². The molecule has 140 valence electrons. The van der Waals surface area contributed by atoms with E-state index in [4.69, 9.17) is 14.0 Å². The second-order valence-electron chi connectivity index (χ2n) is 6.47. The molecule has 26 heavy (non-hydrogen) atoms. The summed E-state index contributed by atoms with van der Waals surface area (Å²) in [5.41, 5.74) is 1.70. The number of nitrogens with zero attached hydrogens (tertiary/aromatic N) is 2. The molecular weight excluding hydrogens is 338 g/mol. The van der Waals surface area contributed by atoms with Crippen molar-refractivity contribution < 1.29 is 23.9 Å². The van der Waals surface area contributed by atoms with Crippen LogP contribution in [0.2, 0.25) is 0 Å². The highest BCUT2D eigenvalue weighted by Gasteiger charge is 2.36. The molecule has 2 aromatic rings. The van der Waals surface area contributed by atoms with E-state index in [9.17, 15) is 9.90 Å². The van der Waals surface area contributed by atoms with Crippen LogP contribution in [0, 0.1) is 12.8 Å². The monoisotopic (exact) mass is 361 g/mol. The third kappa shape index (κ3) is 3.71. The van der Waals surface area contributed by atoms with Gasteiger partial charge in [0.15, 0.2) is 5.69 Å². The number of hydrogen-bond donors (Lipinski definition) is 2. The van der Waals surface area contributed by atoms with E-state index in [2.05, 4.69) is 15.5 Å². The predicted octanol–water partition coefficient (Wildman–Crippen LogP) is 1.78. The first-order valence-electron chi connectivity index (χ1n) is 8.46. The molecule has 0 saturated heterocycles. The number of carbonyl (C=O) groups excluding carboxylic acids is 1. The van der Waals surface area contributed by atoms with E-state index in [0.29, 0.717) is 30.0 Å². The minimum Gasteiger partial charge on any atom is -0.481 e. The molecule has 2 aromatic heterocycles.